The van der Waals surface area contributed by atoms with Crippen molar-refractivity contribution in [2.45, 2.75) is 9.79 Å². The Balaban J connectivity index is 1.43. The molecule has 0 saturated heterocycles. The van der Waals surface area contributed by atoms with Crippen molar-refractivity contribution in [2.24, 2.45) is 0 Å². The molecule has 0 bridgehead atoms. The third-order valence-electron chi connectivity index (χ3n) is 6.07. The number of fused-ring (bicyclic) bond motifs is 5. The molecule has 30 heavy (non-hydrogen) atoms. The monoisotopic (exact) mass is 400 g/mol. The molecule has 0 N–H and O–H groups in total. The molecule has 0 unspecified atom stereocenters. The minimum absolute atomic E-state index is 0.938. The van der Waals surface area contributed by atoms with Crippen LogP contribution in [0.25, 0.3) is 55.0 Å². The van der Waals surface area contributed by atoms with E-state index in [1.807, 2.05) is 23.9 Å². The summed E-state index contributed by atoms with van der Waals surface area (Å²) in [4.78, 5) is 2.65. The highest BCUT2D eigenvalue weighted by Crippen LogP contribution is 2.48. The van der Waals surface area contributed by atoms with Gasteiger partial charge in [-0.05, 0) is 64.0 Å². The van der Waals surface area contributed by atoms with Gasteiger partial charge in [-0.25, -0.2) is 0 Å². The molecule has 0 amide bonds. The molecule has 1 aliphatic heterocycles. The van der Waals surface area contributed by atoms with E-state index in [9.17, 15) is 0 Å². The first-order valence-electron chi connectivity index (χ1n) is 10.1. The van der Waals surface area contributed by atoms with Crippen LogP contribution in [0.3, 0.4) is 0 Å². The van der Waals surface area contributed by atoms with Crippen molar-refractivity contribution in [3.8, 4) is 22.3 Å². The highest BCUT2D eigenvalue weighted by Gasteiger charge is 2.19. The lowest BCUT2D eigenvalue weighted by Gasteiger charge is -2.21. The maximum atomic E-state index is 6.12. The average Bonchev–Trinajstić information content (AvgIpc) is 3.17. The van der Waals surface area contributed by atoms with Crippen molar-refractivity contribution in [2.75, 3.05) is 0 Å². The van der Waals surface area contributed by atoms with Crippen LogP contribution in [0.2, 0.25) is 0 Å². The van der Waals surface area contributed by atoms with Crippen LogP contribution in [0.4, 0.5) is 0 Å². The Bertz CT molecular complexity index is 1620. The van der Waals surface area contributed by atoms with E-state index in [-0.39, 0.29) is 0 Å². The molecule has 5 aromatic carbocycles. The third-order valence-corrected chi connectivity index (χ3v) is 7.20. The zero-order chi connectivity index (χ0) is 19.7. The Morgan fingerprint density at radius 3 is 2.30 bits per heavy atom. The van der Waals surface area contributed by atoms with Gasteiger partial charge >= 0.3 is 0 Å². The highest BCUT2D eigenvalue weighted by atomic mass is 32.2. The second-order valence-corrected chi connectivity index (χ2v) is 8.87. The number of hydrogen-bond donors (Lipinski definition) is 0. The normalized spacial score (nSPS) is 12.5. The number of para-hydroxylation sites is 1. The molecular weight excluding hydrogens is 384 g/mol. The van der Waals surface area contributed by atoms with Crippen LogP contribution >= 0.6 is 11.8 Å². The van der Waals surface area contributed by atoms with Crippen molar-refractivity contribution >= 4 is 44.5 Å². The Morgan fingerprint density at radius 2 is 1.33 bits per heavy atom. The van der Waals surface area contributed by atoms with Gasteiger partial charge in [0.05, 0.1) is 0 Å². The molecule has 0 radical (unpaired) electrons. The summed E-state index contributed by atoms with van der Waals surface area (Å²) >= 11 is 1.87. The molecule has 2 heterocycles. The summed E-state index contributed by atoms with van der Waals surface area (Å²) in [5, 5.41) is 5.00. The van der Waals surface area contributed by atoms with Crippen LogP contribution in [0, 0.1) is 0 Å². The molecule has 1 nitrogen and oxygen atoms in total. The Kier molecular flexibility index (Phi) is 3.27. The van der Waals surface area contributed by atoms with E-state index >= 15 is 0 Å². The summed E-state index contributed by atoms with van der Waals surface area (Å²) in [6, 6.07) is 34.8. The molecule has 0 atom stereocenters. The quantitative estimate of drug-likeness (QED) is 0.274. The van der Waals surface area contributed by atoms with Crippen LogP contribution < -0.4 is 0 Å². The largest absolute Gasteiger partial charge is 0.456 e. The van der Waals surface area contributed by atoms with E-state index < -0.39 is 0 Å². The maximum Gasteiger partial charge on any atom is 0.136 e. The van der Waals surface area contributed by atoms with E-state index in [0.29, 0.717) is 0 Å². The minimum Gasteiger partial charge on any atom is -0.456 e. The summed E-state index contributed by atoms with van der Waals surface area (Å²) in [6.07, 6.45) is 0. The molecule has 1 aliphatic rings. The summed E-state index contributed by atoms with van der Waals surface area (Å²) in [7, 11) is 0. The summed E-state index contributed by atoms with van der Waals surface area (Å²) < 4.78 is 6.12. The van der Waals surface area contributed by atoms with Gasteiger partial charge in [0.25, 0.3) is 0 Å². The zero-order valence-corrected chi connectivity index (χ0v) is 16.9. The average molecular weight is 401 g/mol. The predicted molar refractivity (Wildman–Crippen MR) is 126 cm³/mol. The lowest BCUT2D eigenvalue weighted by molar-refractivity contribution is 0.669. The van der Waals surface area contributed by atoms with Crippen molar-refractivity contribution in [1.82, 2.24) is 0 Å². The summed E-state index contributed by atoms with van der Waals surface area (Å²) in [6.45, 7) is 0. The van der Waals surface area contributed by atoms with Gasteiger partial charge < -0.3 is 4.42 Å². The fourth-order valence-corrected chi connectivity index (χ4v) is 5.78. The molecule has 6 aromatic rings. The first-order chi connectivity index (χ1) is 14.8. The van der Waals surface area contributed by atoms with Gasteiger partial charge in [-0.15, -0.1) is 0 Å². The van der Waals surface area contributed by atoms with E-state index in [1.165, 1.54) is 53.6 Å². The van der Waals surface area contributed by atoms with E-state index in [4.69, 9.17) is 4.42 Å². The van der Waals surface area contributed by atoms with Gasteiger partial charge in [0.15, 0.2) is 0 Å². The molecule has 0 aliphatic carbocycles. The number of benzene rings is 5. The molecule has 0 spiro atoms. The molecule has 7 rings (SSSR count). The Labute approximate surface area is 178 Å². The molecule has 1 aromatic heterocycles. The molecule has 0 fully saturated rings. The van der Waals surface area contributed by atoms with Crippen molar-refractivity contribution in [1.29, 1.82) is 0 Å². The molecular formula is C28H16OS. The smallest absolute Gasteiger partial charge is 0.136 e. The lowest BCUT2D eigenvalue weighted by Crippen LogP contribution is -1.93. The van der Waals surface area contributed by atoms with Gasteiger partial charge in [0.2, 0.25) is 0 Å². The van der Waals surface area contributed by atoms with Gasteiger partial charge in [-0.2, -0.15) is 0 Å². The third kappa shape index (κ3) is 2.25. The van der Waals surface area contributed by atoms with Crippen LogP contribution in [0.1, 0.15) is 0 Å². The van der Waals surface area contributed by atoms with E-state index in [2.05, 4.69) is 84.9 Å². The van der Waals surface area contributed by atoms with Crippen LogP contribution in [0.5, 0.6) is 0 Å². The second-order valence-electron chi connectivity index (χ2n) is 7.78. The SMILES string of the molecule is c1cc2c3c(cccc3c1)-c1cc(-c3ccc4c(c3)oc3ccccc34)ccc1S2. The predicted octanol–water partition coefficient (Wildman–Crippen LogP) is 8.54. The highest BCUT2D eigenvalue weighted by molar-refractivity contribution is 7.99. The maximum absolute atomic E-state index is 6.12. The van der Waals surface area contributed by atoms with Crippen molar-refractivity contribution < 1.29 is 4.42 Å². The topological polar surface area (TPSA) is 13.1 Å². The minimum atomic E-state index is 0.938. The Morgan fingerprint density at radius 1 is 0.533 bits per heavy atom. The number of hydrogen-bond acceptors (Lipinski definition) is 2. The van der Waals surface area contributed by atoms with Gasteiger partial charge in [-0.1, -0.05) is 72.4 Å². The summed E-state index contributed by atoms with van der Waals surface area (Å²) in [5.41, 5.74) is 6.91. The molecule has 2 heteroatoms. The zero-order valence-electron chi connectivity index (χ0n) is 16.1. The lowest BCUT2D eigenvalue weighted by atomic mass is 9.94. The van der Waals surface area contributed by atoms with Crippen LogP contribution in [0.15, 0.2) is 111 Å². The van der Waals surface area contributed by atoms with Crippen molar-refractivity contribution in [3.63, 3.8) is 0 Å². The fraction of sp³-hybridized carbons (Fsp3) is 0. The molecule has 140 valence electrons. The summed E-state index contributed by atoms with van der Waals surface area (Å²) in [5.74, 6) is 0. The van der Waals surface area contributed by atoms with Crippen LogP contribution in [-0.2, 0) is 0 Å². The van der Waals surface area contributed by atoms with Gasteiger partial charge in [0.1, 0.15) is 11.2 Å². The second kappa shape index (κ2) is 6.01. The van der Waals surface area contributed by atoms with Gasteiger partial charge in [0, 0.05) is 25.9 Å². The fourth-order valence-electron chi connectivity index (χ4n) is 4.65. The molecule has 0 saturated carbocycles. The first kappa shape index (κ1) is 16.3. The Hall–Kier alpha value is -3.49. The van der Waals surface area contributed by atoms with E-state index in [1.54, 1.807) is 0 Å². The standard InChI is InChI=1S/C28H16OS/c1-2-9-24-20(7-1)21-13-11-19(16-25(21)29-24)18-12-14-26-23(15-18)22-8-3-5-17-6-4-10-27(30-26)28(17)22/h1-16H. The van der Waals surface area contributed by atoms with Crippen molar-refractivity contribution in [3.05, 3.63) is 97.1 Å². The first-order valence-corrected chi connectivity index (χ1v) is 10.9. The number of furan rings is 1. The van der Waals surface area contributed by atoms with Crippen LogP contribution in [-0.4, -0.2) is 0 Å². The van der Waals surface area contributed by atoms with Gasteiger partial charge in [-0.3, -0.25) is 0 Å². The van der Waals surface area contributed by atoms with E-state index in [0.717, 1.165) is 11.2 Å². The number of rotatable bonds is 1.